The Morgan fingerprint density at radius 3 is 2.31 bits per heavy atom. The molecule has 0 unspecified atom stereocenters. The molecule has 0 bridgehead atoms. The Bertz CT molecular complexity index is 988. The van der Waals surface area contributed by atoms with Crippen molar-refractivity contribution < 1.29 is 17.9 Å². The molecule has 0 spiro atoms. The number of hydrogen-bond acceptors (Lipinski definition) is 4. The first kappa shape index (κ1) is 22.2. The molecule has 3 rings (SSSR count). The fourth-order valence-corrected chi connectivity index (χ4v) is 5.16. The first-order chi connectivity index (χ1) is 13.8. The predicted molar refractivity (Wildman–Crippen MR) is 115 cm³/mol. The van der Waals surface area contributed by atoms with Crippen molar-refractivity contribution in [1.82, 2.24) is 4.72 Å². The molecule has 0 atom stereocenters. The lowest BCUT2D eigenvalue weighted by Crippen LogP contribution is -2.32. The monoisotopic (exact) mass is 476 g/mol. The van der Waals surface area contributed by atoms with Gasteiger partial charge in [0.05, 0.1) is 25.7 Å². The highest BCUT2D eigenvalue weighted by Crippen LogP contribution is 2.31. The van der Waals surface area contributed by atoms with Crippen LogP contribution in [0.2, 0.25) is 15.1 Å². The summed E-state index contributed by atoms with van der Waals surface area (Å²) in [4.78, 5) is 12.2. The van der Waals surface area contributed by atoms with E-state index in [0.717, 1.165) is 25.7 Å². The summed E-state index contributed by atoms with van der Waals surface area (Å²) in [5.74, 6) is -0.303. The molecule has 1 fully saturated rings. The maximum atomic E-state index is 12.5. The highest BCUT2D eigenvalue weighted by molar-refractivity contribution is 7.89. The van der Waals surface area contributed by atoms with Crippen molar-refractivity contribution in [3.63, 3.8) is 0 Å². The van der Waals surface area contributed by atoms with E-state index in [1.807, 2.05) is 0 Å². The minimum absolute atomic E-state index is 0.0463. The van der Waals surface area contributed by atoms with Crippen LogP contribution in [0, 0.1) is 0 Å². The lowest BCUT2D eigenvalue weighted by atomic mass is 10.3. The van der Waals surface area contributed by atoms with Gasteiger partial charge in [-0.1, -0.05) is 53.7 Å². The van der Waals surface area contributed by atoms with Gasteiger partial charge in [0.2, 0.25) is 10.0 Å². The molecule has 156 valence electrons. The van der Waals surface area contributed by atoms with Crippen molar-refractivity contribution in [3.8, 4) is 5.75 Å². The van der Waals surface area contributed by atoms with Gasteiger partial charge in [0.15, 0.2) is 6.61 Å². The summed E-state index contributed by atoms with van der Waals surface area (Å²) in [5, 5.41) is 3.25. The molecule has 2 N–H and O–H groups in total. The van der Waals surface area contributed by atoms with Crippen LogP contribution in [-0.2, 0) is 14.8 Å². The molecule has 2 aromatic rings. The second-order valence-corrected chi connectivity index (χ2v) is 9.56. The topological polar surface area (TPSA) is 84.5 Å². The quantitative estimate of drug-likeness (QED) is 0.595. The molecule has 1 amide bonds. The Kier molecular flexibility index (Phi) is 7.29. The van der Waals surface area contributed by atoms with E-state index in [2.05, 4.69) is 10.0 Å². The third kappa shape index (κ3) is 5.77. The third-order valence-corrected chi connectivity index (χ3v) is 6.92. The maximum Gasteiger partial charge on any atom is 0.262 e. The molecule has 0 radical (unpaired) electrons. The number of ether oxygens (including phenoxy) is 1. The van der Waals surface area contributed by atoms with Gasteiger partial charge in [-0.25, -0.2) is 13.1 Å². The van der Waals surface area contributed by atoms with Crippen molar-refractivity contribution in [2.75, 3.05) is 11.9 Å². The number of carbonyl (C=O) groups is 1. The summed E-state index contributed by atoms with van der Waals surface area (Å²) in [6, 6.07) is 8.92. The van der Waals surface area contributed by atoms with Crippen molar-refractivity contribution in [2.45, 2.75) is 36.6 Å². The average molecular weight is 478 g/mol. The van der Waals surface area contributed by atoms with Gasteiger partial charge in [0.1, 0.15) is 5.75 Å². The Hall–Kier alpha value is -1.51. The minimum Gasteiger partial charge on any atom is -0.482 e. The normalized spacial score (nSPS) is 14.7. The van der Waals surface area contributed by atoms with Gasteiger partial charge in [-0.2, -0.15) is 0 Å². The first-order valence-corrected chi connectivity index (χ1v) is 11.6. The van der Waals surface area contributed by atoms with Crippen LogP contribution in [-0.4, -0.2) is 27.0 Å². The number of benzene rings is 2. The summed E-state index contributed by atoms with van der Waals surface area (Å²) in [7, 11) is -3.66. The molecule has 1 saturated carbocycles. The Morgan fingerprint density at radius 1 is 1.03 bits per heavy atom. The van der Waals surface area contributed by atoms with E-state index in [1.54, 1.807) is 18.2 Å². The predicted octanol–water partition coefficient (Wildman–Crippen LogP) is 4.89. The number of halogens is 3. The van der Waals surface area contributed by atoms with Crippen molar-refractivity contribution in [2.24, 2.45) is 0 Å². The lowest BCUT2D eigenvalue weighted by molar-refractivity contribution is -0.118. The molecule has 0 aliphatic heterocycles. The van der Waals surface area contributed by atoms with E-state index >= 15 is 0 Å². The van der Waals surface area contributed by atoms with Crippen LogP contribution in [0.5, 0.6) is 5.75 Å². The van der Waals surface area contributed by atoms with Crippen LogP contribution in [0.4, 0.5) is 5.69 Å². The van der Waals surface area contributed by atoms with Gasteiger partial charge in [-0.3, -0.25) is 4.79 Å². The van der Waals surface area contributed by atoms with Gasteiger partial charge in [-0.15, -0.1) is 0 Å². The highest BCUT2D eigenvalue weighted by Gasteiger charge is 2.23. The number of amides is 1. The van der Waals surface area contributed by atoms with Crippen LogP contribution >= 0.6 is 34.8 Å². The fourth-order valence-electron chi connectivity index (χ4n) is 3.03. The lowest BCUT2D eigenvalue weighted by Gasteiger charge is -2.14. The van der Waals surface area contributed by atoms with Crippen molar-refractivity contribution in [3.05, 3.63) is 51.5 Å². The number of anilines is 1. The van der Waals surface area contributed by atoms with Gasteiger partial charge in [0, 0.05) is 6.04 Å². The molecular weight excluding hydrogens is 459 g/mol. The SMILES string of the molecule is O=C(COc1ccc(S(=O)(=O)NC2CCCC2)cc1Cl)Nc1c(Cl)cccc1Cl. The number of sulfonamides is 1. The molecule has 10 heteroatoms. The first-order valence-electron chi connectivity index (χ1n) is 8.95. The zero-order chi connectivity index (χ0) is 21.0. The van der Waals surface area contributed by atoms with E-state index in [-0.39, 0.29) is 34.0 Å². The van der Waals surface area contributed by atoms with Crippen LogP contribution in [0.15, 0.2) is 41.3 Å². The smallest absolute Gasteiger partial charge is 0.262 e. The Labute approximate surface area is 184 Å². The van der Waals surface area contributed by atoms with E-state index in [0.29, 0.717) is 10.0 Å². The third-order valence-electron chi connectivity index (χ3n) is 4.48. The van der Waals surface area contributed by atoms with Crippen LogP contribution in [0.25, 0.3) is 0 Å². The molecule has 2 aromatic carbocycles. The summed E-state index contributed by atoms with van der Waals surface area (Å²) in [6.07, 6.45) is 3.70. The van der Waals surface area contributed by atoms with E-state index < -0.39 is 15.9 Å². The maximum absolute atomic E-state index is 12.5. The zero-order valence-electron chi connectivity index (χ0n) is 15.3. The second kappa shape index (κ2) is 9.53. The Balaban J connectivity index is 1.62. The molecule has 0 aromatic heterocycles. The fraction of sp³-hybridized carbons (Fsp3) is 0.316. The summed E-state index contributed by atoms with van der Waals surface area (Å²) in [6.45, 7) is -0.353. The number of carbonyl (C=O) groups excluding carboxylic acids is 1. The highest BCUT2D eigenvalue weighted by atomic mass is 35.5. The summed E-state index contributed by atoms with van der Waals surface area (Å²) >= 11 is 18.2. The van der Waals surface area contributed by atoms with Gasteiger partial charge >= 0.3 is 0 Å². The minimum atomic E-state index is -3.66. The van der Waals surface area contributed by atoms with Gasteiger partial charge in [-0.05, 0) is 43.2 Å². The zero-order valence-corrected chi connectivity index (χ0v) is 18.3. The summed E-state index contributed by atoms with van der Waals surface area (Å²) in [5.41, 5.74) is 0.287. The molecule has 1 aliphatic carbocycles. The van der Waals surface area contributed by atoms with Gasteiger partial charge in [0.25, 0.3) is 5.91 Å². The Morgan fingerprint density at radius 2 is 1.69 bits per heavy atom. The molecule has 29 heavy (non-hydrogen) atoms. The summed E-state index contributed by atoms with van der Waals surface area (Å²) < 4.78 is 33.1. The average Bonchev–Trinajstić information content (AvgIpc) is 3.16. The van der Waals surface area contributed by atoms with Crippen LogP contribution in [0.1, 0.15) is 25.7 Å². The number of rotatable bonds is 7. The molecule has 1 aliphatic rings. The van der Waals surface area contributed by atoms with Crippen LogP contribution in [0.3, 0.4) is 0 Å². The molecule has 6 nitrogen and oxygen atoms in total. The number of nitrogens with one attached hydrogen (secondary N) is 2. The number of hydrogen-bond donors (Lipinski definition) is 2. The van der Waals surface area contributed by atoms with Gasteiger partial charge < -0.3 is 10.1 Å². The number of para-hydroxylation sites is 1. The molecular formula is C19H19Cl3N2O4S. The largest absolute Gasteiger partial charge is 0.482 e. The second-order valence-electron chi connectivity index (χ2n) is 6.63. The van der Waals surface area contributed by atoms with Crippen molar-refractivity contribution in [1.29, 1.82) is 0 Å². The van der Waals surface area contributed by atoms with E-state index in [1.165, 1.54) is 18.2 Å². The standard InChI is InChI=1S/C19H19Cl3N2O4S/c20-14-6-3-7-15(21)19(14)23-18(25)11-28-17-9-8-13(10-16(17)22)29(26,27)24-12-4-1-2-5-12/h3,6-10,12,24H,1-2,4-5,11H2,(H,23,25). The van der Waals surface area contributed by atoms with Crippen LogP contribution < -0.4 is 14.8 Å². The van der Waals surface area contributed by atoms with Crippen molar-refractivity contribution >= 4 is 56.4 Å². The van der Waals surface area contributed by atoms with E-state index in [4.69, 9.17) is 39.5 Å². The van der Waals surface area contributed by atoms with E-state index in [9.17, 15) is 13.2 Å². The molecule has 0 saturated heterocycles. The molecule has 0 heterocycles.